The van der Waals surface area contributed by atoms with Gasteiger partial charge in [0.2, 0.25) is 23.6 Å². The fraction of sp³-hybridized carbons (Fsp3) is 0.593. The lowest BCUT2D eigenvalue weighted by molar-refractivity contribution is -0.144. The van der Waals surface area contributed by atoms with Crippen LogP contribution in [-0.4, -0.2) is 69.9 Å². The molecule has 3 atom stereocenters. The van der Waals surface area contributed by atoms with Crippen molar-refractivity contribution in [2.24, 2.45) is 0 Å². The molecule has 3 rings (SSSR count). The molecule has 2 aliphatic heterocycles. The van der Waals surface area contributed by atoms with Gasteiger partial charge >= 0.3 is 0 Å². The normalized spacial score (nSPS) is 24.3. The predicted molar refractivity (Wildman–Crippen MR) is 143 cm³/mol. The van der Waals surface area contributed by atoms with Gasteiger partial charge in [-0.2, -0.15) is 0 Å². The molecule has 10 heteroatoms. The summed E-state index contributed by atoms with van der Waals surface area (Å²) < 4.78 is 0. The monoisotopic (exact) mass is 576 g/mol. The first-order valence-electron chi connectivity index (χ1n) is 13.0. The standard InChI is InChI=1S/C27H37BrN4O5/c1-27(2)26(37)30-21(16-18-10-5-3-6-11-18)25(36)32-15-9-14-22(32)24(35)29-20(23(34)31-27)13-8-4-7-12-19(33)17-28/h3,5-6,10-11,20-22H,4,7-9,12-17H2,1-2H3,(H,29,35)(H,30,37)(H,31,34)/t20-,21-,22+/m0/s1. The number of amides is 4. The van der Waals surface area contributed by atoms with Crippen LogP contribution < -0.4 is 16.0 Å². The Balaban J connectivity index is 1.80. The SMILES string of the molecule is CC1(C)NC(=O)[C@H](CCCCCC(=O)CBr)NC(=O)[C@H]2CCCN2C(=O)[C@H](Cc2ccccc2)NC1=O. The maximum atomic E-state index is 13.6. The van der Waals surface area contributed by atoms with Gasteiger partial charge in [0.1, 0.15) is 29.4 Å². The number of Topliss-reactive ketones (excluding diaryl/α,β-unsaturated/α-hetero) is 1. The second kappa shape index (κ2) is 13.2. The summed E-state index contributed by atoms with van der Waals surface area (Å²) in [6, 6.07) is 6.99. The number of nitrogens with one attached hydrogen (secondary N) is 3. The molecule has 0 bridgehead atoms. The molecule has 1 aromatic rings. The Labute approximate surface area is 226 Å². The number of fused-ring (bicyclic) bond motifs is 1. The van der Waals surface area contributed by atoms with Gasteiger partial charge in [-0.25, -0.2) is 0 Å². The highest BCUT2D eigenvalue weighted by atomic mass is 79.9. The first kappa shape index (κ1) is 28.8. The van der Waals surface area contributed by atoms with E-state index >= 15 is 0 Å². The number of halogens is 1. The lowest BCUT2D eigenvalue weighted by Gasteiger charge is -2.34. The van der Waals surface area contributed by atoms with Crippen molar-refractivity contribution >= 4 is 45.3 Å². The first-order chi connectivity index (χ1) is 17.6. The second-order valence-electron chi connectivity index (χ2n) is 10.4. The van der Waals surface area contributed by atoms with Gasteiger partial charge in [0.05, 0.1) is 5.33 Å². The number of carbonyl (C=O) groups is 5. The maximum Gasteiger partial charge on any atom is 0.246 e. The minimum absolute atomic E-state index is 0.126. The third-order valence-electron chi connectivity index (χ3n) is 6.96. The molecule has 0 radical (unpaired) electrons. The number of unbranched alkanes of at least 4 members (excludes halogenated alkanes) is 2. The van der Waals surface area contributed by atoms with Gasteiger partial charge in [-0.3, -0.25) is 24.0 Å². The molecule has 2 saturated heterocycles. The summed E-state index contributed by atoms with van der Waals surface area (Å²) in [5.41, 5.74) is -0.422. The van der Waals surface area contributed by atoms with E-state index in [-0.39, 0.29) is 24.0 Å². The molecule has 37 heavy (non-hydrogen) atoms. The number of ketones is 1. The lowest BCUT2D eigenvalue weighted by atomic mass is 9.98. The summed E-state index contributed by atoms with van der Waals surface area (Å²) >= 11 is 3.15. The highest BCUT2D eigenvalue weighted by molar-refractivity contribution is 9.09. The Hall–Kier alpha value is -2.75. The maximum absolute atomic E-state index is 13.6. The highest BCUT2D eigenvalue weighted by Gasteiger charge is 2.42. The summed E-state index contributed by atoms with van der Waals surface area (Å²) in [6.45, 7) is 3.58. The van der Waals surface area contributed by atoms with Crippen molar-refractivity contribution in [1.82, 2.24) is 20.9 Å². The lowest BCUT2D eigenvalue weighted by Crippen LogP contribution is -2.64. The number of rotatable bonds is 9. The summed E-state index contributed by atoms with van der Waals surface area (Å²) in [4.78, 5) is 66.5. The summed E-state index contributed by atoms with van der Waals surface area (Å²) in [5, 5.41) is 8.80. The van der Waals surface area contributed by atoms with E-state index in [1.54, 1.807) is 18.7 Å². The van der Waals surface area contributed by atoms with Crippen LogP contribution in [0.4, 0.5) is 0 Å². The van der Waals surface area contributed by atoms with E-state index < -0.39 is 35.5 Å². The van der Waals surface area contributed by atoms with Crippen molar-refractivity contribution in [3.8, 4) is 0 Å². The zero-order valence-electron chi connectivity index (χ0n) is 21.6. The van der Waals surface area contributed by atoms with Gasteiger partial charge in [-0.15, -0.1) is 0 Å². The molecular formula is C27H37BrN4O5. The average molecular weight is 578 g/mol. The minimum atomic E-state index is -1.30. The third kappa shape index (κ3) is 7.87. The summed E-state index contributed by atoms with van der Waals surface area (Å²) in [6.07, 6.45) is 4.34. The third-order valence-corrected chi connectivity index (χ3v) is 7.58. The van der Waals surface area contributed by atoms with Gasteiger partial charge in [0.15, 0.2) is 0 Å². The van der Waals surface area contributed by atoms with Gasteiger partial charge in [0, 0.05) is 19.4 Å². The molecule has 202 valence electrons. The fourth-order valence-corrected chi connectivity index (χ4v) is 5.07. The van der Waals surface area contributed by atoms with E-state index in [0.29, 0.717) is 50.4 Å². The van der Waals surface area contributed by atoms with Gasteiger partial charge in [-0.05, 0) is 45.1 Å². The number of hydrogen-bond donors (Lipinski definition) is 3. The molecule has 9 nitrogen and oxygen atoms in total. The summed E-state index contributed by atoms with van der Waals surface area (Å²) in [5.74, 6) is -1.44. The Morgan fingerprint density at radius 3 is 2.43 bits per heavy atom. The fourth-order valence-electron chi connectivity index (χ4n) is 4.79. The van der Waals surface area contributed by atoms with Crippen LogP contribution in [0.2, 0.25) is 0 Å². The quantitative estimate of drug-likeness (QED) is 0.306. The van der Waals surface area contributed by atoms with Crippen molar-refractivity contribution < 1.29 is 24.0 Å². The van der Waals surface area contributed by atoms with Crippen molar-refractivity contribution in [3.05, 3.63) is 35.9 Å². The van der Waals surface area contributed by atoms with Gasteiger partial charge in [0.25, 0.3) is 0 Å². The molecule has 0 aromatic heterocycles. The topological polar surface area (TPSA) is 125 Å². The molecule has 2 fully saturated rings. The first-order valence-corrected chi connectivity index (χ1v) is 14.1. The Morgan fingerprint density at radius 2 is 1.73 bits per heavy atom. The zero-order valence-corrected chi connectivity index (χ0v) is 23.1. The molecular weight excluding hydrogens is 540 g/mol. The van der Waals surface area contributed by atoms with Crippen molar-refractivity contribution in [3.63, 3.8) is 0 Å². The van der Waals surface area contributed by atoms with E-state index in [4.69, 9.17) is 0 Å². The van der Waals surface area contributed by atoms with Gasteiger partial charge in [-0.1, -0.05) is 59.1 Å². The minimum Gasteiger partial charge on any atom is -0.343 e. The zero-order chi connectivity index (χ0) is 27.0. The molecule has 2 heterocycles. The molecule has 4 amide bonds. The smallest absolute Gasteiger partial charge is 0.246 e. The number of hydrogen-bond acceptors (Lipinski definition) is 5. The largest absolute Gasteiger partial charge is 0.343 e. The second-order valence-corrected chi connectivity index (χ2v) is 10.9. The van der Waals surface area contributed by atoms with Crippen LogP contribution in [0.5, 0.6) is 0 Å². The van der Waals surface area contributed by atoms with E-state index in [2.05, 4.69) is 31.9 Å². The van der Waals surface area contributed by atoms with Crippen LogP contribution in [0.3, 0.4) is 0 Å². The predicted octanol–water partition coefficient (Wildman–Crippen LogP) is 2.01. The Kier molecular flexibility index (Phi) is 10.3. The number of alkyl halides is 1. The number of carbonyl (C=O) groups excluding carboxylic acids is 5. The van der Waals surface area contributed by atoms with Crippen LogP contribution in [0.1, 0.15) is 64.4 Å². The van der Waals surface area contributed by atoms with Crippen LogP contribution >= 0.6 is 15.9 Å². The number of benzene rings is 1. The summed E-state index contributed by atoms with van der Waals surface area (Å²) in [7, 11) is 0. The van der Waals surface area contributed by atoms with Crippen LogP contribution in [0, 0.1) is 0 Å². The van der Waals surface area contributed by atoms with Crippen molar-refractivity contribution in [2.45, 2.75) is 88.9 Å². The Bertz CT molecular complexity index is 1000. The molecule has 1 aromatic carbocycles. The van der Waals surface area contributed by atoms with Crippen LogP contribution in [-0.2, 0) is 30.4 Å². The van der Waals surface area contributed by atoms with Gasteiger partial charge < -0.3 is 20.9 Å². The van der Waals surface area contributed by atoms with E-state index in [1.165, 1.54) is 0 Å². The number of nitrogens with zero attached hydrogens (tertiary/aromatic N) is 1. The molecule has 3 N–H and O–H groups in total. The van der Waals surface area contributed by atoms with Crippen molar-refractivity contribution in [1.29, 1.82) is 0 Å². The molecule has 0 spiro atoms. The molecule has 0 saturated carbocycles. The van der Waals surface area contributed by atoms with Crippen molar-refractivity contribution in [2.75, 3.05) is 11.9 Å². The van der Waals surface area contributed by atoms with Crippen LogP contribution in [0.25, 0.3) is 0 Å². The van der Waals surface area contributed by atoms with E-state index in [0.717, 1.165) is 12.0 Å². The van der Waals surface area contributed by atoms with E-state index in [1.807, 2.05) is 30.3 Å². The highest BCUT2D eigenvalue weighted by Crippen LogP contribution is 2.21. The average Bonchev–Trinajstić information content (AvgIpc) is 3.36. The van der Waals surface area contributed by atoms with Crippen LogP contribution in [0.15, 0.2) is 30.3 Å². The van der Waals surface area contributed by atoms with E-state index in [9.17, 15) is 24.0 Å². The Morgan fingerprint density at radius 1 is 1.00 bits per heavy atom. The molecule has 2 aliphatic rings. The molecule has 0 aliphatic carbocycles. The molecule has 0 unspecified atom stereocenters.